The lowest BCUT2D eigenvalue weighted by atomic mass is 9.95. The predicted molar refractivity (Wildman–Crippen MR) is 86.3 cm³/mol. The Morgan fingerprint density at radius 1 is 1.36 bits per heavy atom. The van der Waals surface area contributed by atoms with Crippen LogP contribution in [0.4, 0.5) is 0 Å². The average Bonchev–Trinajstić information content (AvgIpc) is 2.83. The molecule has 1 aromatic heterocycles. The van der Waals surface area contributed by atoms with Crippen molar-refractivity contribution in [1.29, 1.82) is 0 Å². The maximum atomic E-state index is 12.3. The summed E-state index contributed by atoms with van der Waals surface area (Å²) in [5.74, 6) is 1.14. The molecule has 0 saturated heterocycles. The number of benzene rings is 1. The van der Waals surface area contributed by atoms with Crippen molar-refractivity contribution in [2.24, 2.45) is 0 Å². The summed E-state index contributed by atoms with van der Waals surface area (Å²) in [6.45, 7) is 5.82. The third-order valence-electron chi connectivity index (χ3n) is 3.76. The lowest BCUT2D eigenvalue weighted by molar-refractivity contribution is 0.00314. The first-order valence-electron chi connectivity index (χ1n) is 7.02. The van der Waals surface area contributed by atoms with Crippen molar-refractivity contribution in [2.45, 2.75) is 26.4 Å². The molecule has 0 spiro atoms. The van der Waals surface area contributed by atoms with Crippen molar-refractivity contribution < 1.29 is 13.9 Å². The molecule has 0 radical (unpaired) electrons. The van der Waals surface area contributed by atoms with E-state index in [1.54, 1.807) is 26.2 Å². The molecule has 2 aromatic rings. The highest BCUT2D eigenvalue weighted by Gasteiger charge is 2.28. The molecule has 118 valence electrons. The summed E-state index contributed by atoms with van der Waals surface area (Å²) in [6.07, 6.45) is 0. The fourth-order valence-electron chi connectivity index (χ4n) is 2.31. The van der Waals surface area contributed by atoms with Crippen LogP contribution in [0.2, 0.25) is 5.02 Å². The van der Waals surface area contributed by atoms with Crippen LogP contribution in [0.15, 0.2) is 34.7 Å². The number of nitrogens with one attached hydrogen (secondary N) is 1. The first-order chi connectivity index (χ1) is 10.4. The van der Waals surface area contributed by atoms with Gasteiger partial charge in [0.05, 0.1) is 12.1 Å². The molecule has 1 aromatic carbocycles. The van der Waals surface area contributed by atoms with E-state index in [0.29, 0.717) is 28.7 Å². The molecule has 22 heavy (non-hydrogen) atoms. The fraction of sp³-hybridized carbons (Fsp3) is 0.353. The quantitative estimate of drug-likeness (QED) is 0.910. The zero-order chi connectivity index (χ0) is 16.3. The Labute approximate surface area is 135 Å². The molecule has 1 N–H and O–H groups in total. The molecule has 0 aliphatic heterocycles. The first-order valence-corrected chi connectivity index (χ1v) is 7.40. The van der Waals surface area contributed by atoms with Gasteiger partial charge in [-0.15, -0.1) is 0 Å². The van der Waals surface area contributed by atoms with Gasteiger partial charge in [-0.1, -0.05) is 23.7 Å². The minimum atomic E-state index is -0.659. The van der Waals surface area contributed by atoms with Crippen molar-refractivity contribution in [1.82, 2.24) is 5.32 Å². The van der Waals surface area contributed by atoms with Gasteiger partial charge in [-0.25, -0.2) is 0 Å². The number of ether oxygens (including phenoxy) is 1. The topological polar surface area (TPSA) is 51.5 Å². The number of aryl methyl sites for hydroxylation is 2. The molecule has 1 atom stereocenters. The minimum Gasteiger partial charge on any atom is -0.466 e. The largest absolute Gasteiger partial charge is 0.466 e. The van der Waals surface area contributed by atoms with E-state index in [0.717, 1.165) is 5.56 Å². The molecule has 1 heterocycles. The monoisotopic (exact) mass is 321 g/mol. The molecule has 5 heteroatoms. The molecule has 0 bridgehead atoms. The number of carbonyl (C=O) groups is 1. The Morgan fingerprint density at radius 3 is 2.64 bits per heavy atom. The van der Waals surface area contributed by atoms with Crippen LogP contribution in [0.5, 0.6) is 0 Å². The summed E-state index contributed by atoms with van der Waals surface area (Å²) in [5.41, 5.74) is 0.790. The van der Waals surface area contributed by atoms with Gasteiger partial charge in [-0.05, 0) is 44.5 Å². The van der Waals surface area contributed by atoms with Crippen LogP contribution in [-0.4, -0.2) is 19.6 Å². The van der Waals surface area contributed by atoms with Crippen molar-refractivity contribution in [3.05, 3.63) is 58.0 Å². The summed E-state index contributed by atoms with van der Waals surface area (Å²) in [5, 5.41) is 3.53. The first kappa shape index (κ1) is 16.6. The van der Waals surface area contributed by atoms with Gasteiger partial charge in [-0.3, -0.25) is 4.79 Å². The summed E-state index contributed by atoms with van der Waals surface area (Å²) < 4.78 is 11.0. The third kappa shape index (κ3) is 3.51. The van der Waals surface area contributed by atoms with Gasteiger partial charge in [0.15, 0.2) is 0 Å². The Hall–Kier alpha value is -1.78. The van der Waals surface area contributed by atoms with E-state index in [2.05, 4.69) is 5.32 Å². The second kappa shape index (κ2) is 6.55. The van der Waals surface area contributed by atoms with Crippen LogP contribution in [-0.2, 0) is 10.3 Å². The lowest BCUT2D eigenvalue weighted by Crippen LogP contribution is -2.40. The average molecular weight is 322 g/mol. The third-order valence-corrected chi connectivity index (χ3v) is 3.99. The standard InChI is InChI=1S/C17H20ClNO3/c1-11-8-15(12(2)22-11)16(20)19-10-17(3,21-4)13-6-5-7-14(18)9-13/h5-9H,10H2,1-4H3,(H,19,20)/t17-/m1/s1. The number of methoxy groups -OCH3 is 1. The maximum Gasteiger partial charge on any atom is 0.254 e. The minimum absolute atomic E-state index is 0.181. The highest BCUT2D eigenvalue weighted by Crippen LogP contribution is 2.26. The van der Waals surface area contributed by atoms with Crippen molar-refractivity contribution in [2.75, 3.05) is 13.7 Å². The van der Waals surface area contributed by atoms with Crippen LogP contribution in [0.1, 0.15) is 34.4 Å². The molecule has 0 aliphatic rings. The Kier molecular flexibility index (Phi) is 4.94. The highest BCUT2D eigenvalue weighted by atomic mass is 35.5. The van der Waals surface area contributed by atoms with Crippen LogP contribution >= 0.6 is 11.6 Å². The zero-order valence-corrected chi connectivity index (χ0v) is 14.0. The molecule has 0 aliphatic carbocycles. The van der Waals surface area contributed by atoms with Gasteiger partial charge < -0.3 is 14.5 Å². The number of rotatable bonds is 5. The smallest absolute Gasteiger partial charge is 0.254 e. The summed E-state index contributed by atoms with van der Waals surface area (Å²) in [7, 11) is 1.61. The number of amides is 1. The lowest BCUT2D eigenvalue weighted by Gasteiger charge is -2.29. The van der Waals surface area contributed by atoms with Crippen molar-refractivity contribution >= 4 is 17.5 Å². The Bertz CT molecular complexity index is 680. The molecule has 2 rings (SSSR count). The summed E-state index contributed by atoms with van der Waals surface area (Å²) in [4.78, 5) is 12.3. The molecule has 1 amide bonds. The Morgan fingerprint density at radius 2 is 2.09 bits per heavy atom. The van der Waals surface area contributed by atoms with Gasteiger partial charge in [-0.2, -0.15) is 0 Å². The van der Waals surface area contributed by atoms with E-state index >= 15 is 0 Å². The molecule has 0 unspecified atom stereocenters. The zero-order valence-electron chi connectivity index (χ0n) is 13.2. The number of hydrogen-bond acceptors (Lipinski definition) is 3. The Balaban J connectivity index is 2.14. The maximum absolute atomic E-state index is 12.3. The van der Waals surface area contributed by atoms with Crippen molar-refractivity contribution in [3.63, 3.8) is 0 Å². The van der Waals surface area contributed by atoms with Crippen LogP contribution in [0.3, 0.4) is 0 Å². The number of carbonyl (C=O) groups excluding carboxylic acids is 1. The van der Waals surface area contributed by atoms with Crippen LogP contribution in [0.25, 0.3) is 0 Å². The molecular weight excluding hydrogens is 302 g/mol. The van der Waals surface area contributed by atoms with Crippen LogP contribution < -0.4 is 5.32 Å². The highest BCUT2D eigenvalue weighted by molar-refractivity contribution is 6.30. The van der Waals surface area contributed by atoms with Crippen molar-refractivity contribution in [3.8, 4) is 0 Å². The van der Waals surface area contributed by atoms with Gasteiger partial charge in [0, 0.05) is 12.1 Å². The van der Waals surface area contributed by atoms with Gasteiger partial charge in [0.25, 0.3) is 5.91 Å². The van der Waals surface area contributed by atoms with Gasteiger partial charge >= 0.3 is 0 Å². The van der Waals surface area contributed by atoms with E-state index in [-0.39, 0.29) is 5.91 Å². The summed E-state index contributed by atoms with van der Waals surface area (Å²) in [6, 6.07) is 9.16. The number of halogens is 1. The second-order valence-corrected chi connectivity index (χ2v) is 5.89. The molecule has 0 fully saturated rings. The van der Waals surface area contributed by atoms with E-state index in [1.165, 1.54) is 0 Å². The predicted octanol–water partition coefficient (Wildman–Crippen LogP) is 3.84. The molecule has 0 saturated carbocycles. The molecular formula is C17H20ClNO3. The molecule has 4 nitrogen and oxygen atoms in total. The van der Waals surface area contributed by atoms with E-state index in [9.17, 15) is 4.79 Å². The normalized spacial score (nSPS) is 13.7. The summed E-state index contributed by atoms with van der Waals surface area (Å²) >= 11 is 6.03. The number of hydrogen-bond donors (Lipinski definition) is 1. The SMILES string of the molecule is CO[C@](C)(CNC(=O)c1cc(C)oc1C)c1cccc(Cl)c1. The van der Waals surface area contributed by atoms with Crippen LogP contribution in [0, 0.1) is 13.8 Å². The number of furan rings is 1. The van der Waals surface area contributed by atoms with E-state index < -0.39 is 5.60 Å². The van der Waals surface area contributed by atoms with E-state index in [4.69, 9.17) is 20.8 Å². The van der Waals surface area contributed by atoms with Gasteiger partial charge in [0.2, 0.25) is 0 Å². The second-order valence-electron chi connectivity index (χ2n) is 5.45. The van der Waals surface area contributed by atoms with Gasteiger partial charge in [0.1, 0.15) is 17.1 Å². The van der Waals surface area contributed by atoms with E-state index in [1.807, 2.05) is 32.0 Å². The fourth-order valence-corrected chi connectivity index (χ4v) is 2.50.